The van der Waals surface area contributed by atoms with Gasteiger partial charge in [0.05, 0.1) is 4.90 Å². The number of sulfone groups is 1. The normalized spacial score (nSPS) is 17.1. The van der Waals surface area contributed by atoms with Gasteiger partial charge in [0.1, 0.15) is 4.91 Å². The number of hydrogen-bond acceptors (Lipinski definition) is 3. The molecule has 0 fully saturated rings. The molecule has 1 aliphatic heterocycles. The van der Waals surface area contributed by atoms with Crippen LogP contribution in [0.25, 0.3) is 6.08 Å². The van der Waals surface area contributed by atoms with E-state index < -0.39 is 15.6 Å². The second-order valence-electron chi connectivity index (χ2n) is 3.25. The van der Waals surface area contributed by atoms with Crippen LogP contribution < -0.4 is 0 Å². The monoisotopic (exact) mass is 286 g/mol. The highest BCUT2D eigenvalue weighted by atomic mass is 79.9. The van der Waals surface area contributed by atoms with E-state index in [1.165, 1.54) is 19.1 Å². The summed E-state index contributed by atoms with van der Waals surface area (Å²) in [6, 6.07) is 4.83. The van der Waals surface area contributed by atoms with Gasteiger partial charge >= 0.3 is 0 Å². The third kappa shape index (κ3) is 1.55. The Morgan fingerprint density at radius 2 is 2.00 bits per heavy atom. The van der Waals surface area contributed by atoms with Crippen molar-refractivity contribution in [3.05, 3.63) is 33.1 Å². The van der Waals surface area contributed by atoms with Crippen LogP contribution in [0.4, 0.5) is 0 Å². The van der Waals surface area contributed by atoms with Crippen molar-refractivity contribution in [3.8, 4) is 0 Å². The zero-order valence-corrected chi connectivity index (χ0v) is 10.2. The maximum atomic E-state index is 11.8. The number of hydrogen-bond donors (Lipinski definition) is 0. The molecule has 0 aliphatic carbocycles. The molecular formula is C10H7BrO3S. The van der Waals surface area contributed by atoms with Crippen molar-refractivity contribution < 1.29 is 13.2 Å². The number of rotatable bonds is 1. The summed E-state index contributed by atoms with van der Waals surface area (Å²) >= 11 is 3.25. The van der Waals surface area contributed by atoms with Crippen LogP contribution in [0.15, 0.2) is 32.5 Å². The number of carbonyl (C=O) groups is 1. The molecule has 5 heteroatoms. The fourth-order valence-corrected chi connectivity index (χ4v) is 3.46. The fraction of sp³-hybridized carbons (Fsp3) is 0.100. The van der Waals surface area contributed by atoms with Crippen LogP contribution in [0.1, 0.15) is 12.5 Å². The molecule has 0 radical (unpaired) electrons. The lowest BCUT2D eigenvalue weighted by Crippen LogP contribution is -2.06. The van der Waals surface area contributed by atoms with E-state index in [-0.39, 0.29) is 9.80 Å². The number of fused-ring (bicyclic) bond motifs is 1. The first-order valence-electron chi connectivity index (χ1n) is 4.20. The topological polar surface area (TPSA) is 51.2 Å². The summed E-state index contributed by atoms with van der Waals surface area (Å²) in [5.74, 6) is -0.428. The van der Waals surface area contributed by atoms with E-state index in [1.54, 1.807) is 12.1 Å². The van der Waals surface area contributed by atoms with Crippen LogP contribution >= 0.6 is 15.9 Å². The first kappa shape index (κ1) is 10.6. The van der Waals surface area contributed by atoms with Gasteiger partial charge in [-0.3, -0.25) is 4.79 Å². The van der Waals surface area contributed by atoms with Gasteiger partial charge in [0.15, 0.2) is 5.78 Å². The minimum Gasteiger partial charge on any atom is -0.294 e. The van der Waals surface area contributed by atoms with Crippen molar-refractivity contribution in [2.45, 2.75) is 11.8 Å². The molecule has 0 amide bonds. The van der Waals surface area contributed by atoms with Crippen LogP contribution in [-0.4, -0.2) is 14.2 Å². The van der Waals surface area contributed by atoms with E-state index in [0.717, 1.165) is 4.47 Å². The van der Waals surface area contributed by atoms with E-state index in [1.807, 2.05) is 0 Å². The van der Waals surface area contributed by atoms with Gasteiger partial charge < -0.3 is 0 Å². The molecular weight excluding hydrogens is 280 g/mol. The van der Waals surface area contributed by atoms with Crippen molar-refractivity contribution in [3.63, 3.8) is 0 Å². The Kier molecular flexibility index (Phi) is 2.31. The summed E-state index contributed by atoms with van der Waals surface area (Å²) < 4.78 is 24.5. The predicted molar refractivity (Wildman–Crippen MR) is 60.0 cm³/mol. The zero-order chi connectivity index (χ0) is 11.2. The molecule has 1 aromatic rings. The number of ketones is 1. The molecule has 0 bridgehead atoms. The fourth-order valence-electron chi connectivity index (χ4n) is 1.50. The molecule has 78 valence electrons. The Balaban J connectivity index is 2.74. The van der Waals surface area contributed by atoms with Crippen molar-refractivity contribution in [2.24, 2.45) is 0 Å². The Hall–Kier alpha value is -0.940. The summed E-state index contributed by atoms with van der Waals surface area (Å²) in [5, 5.41) is 0. The number of halogens is 1. The van der Waals surface area contributed by atoms with Crippen LogP contribution in [0.3, 0.4) is 0 Å². The van der Waals surface area contributed by atoms with Gasteiger partial charge in [0.2, 0.25) is 9.84 Å². The van der Waals surface area contributed by atoms with Crippen LogP contribution in [-0.2, 0) is 14.6 Å². The minimum atomic E-state index is -3.57. The molecule has 2 rings (SSSR count). The highest BCUT2D eigenvalue weighted by molar-refractivity contribution is 9.10. The van der Waals surface area contributed by atoms with Gasteiger partial charge in [-0.05, 0) is 36.8 Å². The lowest BCUT2D eigenvalue weighted by Gasteiger charge is -2.00. The molecule has 0 atom stereocenters. The van der Waals surface area contributed by atoms with E-state index in [4.69, 9.17) is 0 Å². The molecule has 0 aromatic heterocycles. The molecule has 0 spiro atoms. The third-order valence-electron chi connectivity index (χ3n) is 2.18. The maximum Gasteiger partial charge on any atom is 0.210 e. The Bertz CT molecular complexity index is 585. The SMILES string of the molecule is CC(=O)C1=Cc2cc(Br)ccc2S1(=O)=O. The van der Waals surface area contributed by atoms with E-state index in [2.05, 4.69) is 15.9 Å². The van der Waals surface area contributed by atoms with Gasteiger partial charge in [-0.25, -0.2) is 8.42 Å². The van der Waals surface area contributed by atoms with Gasteiger partial charge in [-0.1, -0.05) is 15.9 Å². The lowest BCUT2D eigenvalue weighted by molar-refractivity contribution is -0.112. The van der Waals surface area contributed by atoms with E-state index in [9.17, 15) is 13.2 Å². The molecule has 1 heterocycles. The average molecular weight is 287 g/mol. The summed E-state index contributed by atoms with van der Waals surface area (Å²) in [6.45, 7) is 1.25. The molecule has 3 nitrogen and oxygen atoms in total. The Morgan fingerprint density at radius 3 is 2.60 bits per heavy atom. The predicted octanol–water partition coefficient (Wildman–Crippen LogP) is 2.17. The number of allylic oxidation sites excluding steroid dienone is 1. The van der Waals surface area contributed by atoms with Crippen molar-refractivity contribution >= 4 is 37.6 Å². The van der Waals surface area contributed by atoms with Crippen LogP contribution in [0.5, 0.6) is 0 Å². The van der Waals surface area contributed by atoms with Gasteiger partial charge in [0, 0.05) is 4.47 Å². The molecule has 1 aromatic carbocycles. The van der Waals surface area contributed by atoms with Crippen molar-refractivity contribution in [1.29, 1.82) is 0 Å². The van der Waals surface area contributed by atoms with E-state index in [0.29, 0.717) is 5.56 Å². The van der Waals surface area contributed by atoms with E-state index >= 15 is 0 Å². The zero-order valence-electron chi connectivity index (χ0n) is 7.82. The largest absolute Gasteiger partial charge is 0.294 e. The minimum absolute atomic E-state index is 0.129. The number of benzene rings is 1. The third-order valence-corrected chi connectivity index (χ3v) is 4.61. The molecule has 0 N–H and O–H groups in total. The summed E-state index contributed by atoms with van der Waals surface area (Å²) in [4.78, 5) is 11.2. The Morgan fingerprint density at radius 1 is 1.33 bits per heavy atom. The summed E-state index contributed by atoms with van der Waals surface area (Å²) in [5.41, 5.74) is 0.564. The molecule has 15 heavy (non-hydrogen) atoms. The standard InChI is InChI=1S/C10H7BrO3S/c1-6(12)10-5-7-4-8(11)2-3-9(7)15(10,13)14/h2-5H,1H3. The second-order valence-corrected chi connectivity index (χ2v) is 6.05. The smallest absolute Gasteiger partial charge is 0.210 e. The van der Waals surface area contributed by atoms with Gasteiger partial charge in [-0.15, -0.1) is 0 Å². The van der Waals surface area contributed by atoms with Crippen LogP contribution in [0.2, 0.25) is 0 Å². The van der Waals surface area contributed by atoms with Gasteiger partial charge in [0.25, 0.3) is 0 Å². The summed E-state index contributed by atoms with van der Waals surface area (Å²) in [6.07, 6.45) is 1.41. The Labute approximate surface area is 95.9 Å². The molecule has 0 unspecified atom stereocenters. The highest BCUT2D eigenvalue weighted by Crippen LogP contribution is 2.34. The van der Waals surface area contributed by atoms with Gasteiger partial charge in [-0.2, -0.15) is 0 Å². The van der Waals surface area contributed by atoms with Crippen molar-refractivity contribution in [2.75, 3.05) is 0 Å². The second kappa shape index (κ2) is 3.28. The average Bonchev–Trinajstić information content (AvgIpc) is 2.37. The summed E-state index contributed by atoms with van der Waals surface area (Å²) in [7, 11) is -3.57. The lowest BCUT2D eigenvalue weighted by atomic mass is 10.2. The number of Topliss-reactive ketones (excluding diaryl/α,β-unsaturated/α-hetero) is 1. The molecule has 0 saturated heterocycles. The quantitative estimate of drug-likeness (QED) is 0.795. The van der Waals surface area contributed by atoms with Crippen molar-refractivity contribution in [1.82, 2.24) is 0 Å². The molecule has 1 aliphatic rings. The number of carbonyl (C=O) groups excluding carboxylic acids is 1. The first-order chi connectivity index (χ1) is 6.93. The maximum absolute atomic E-state index is 11.8. The molecule has 0 saturated carbocycles. The van der Waals surface area contributed by atoms with Crippen LogP contribution in [0, 0.1) is 0 Å². The first-order valence-corrected chi connectivity index (χ1v) is 6.48. The highest BCUT2D eigenvalue weighted by Gasteiger charge is 2.31.